The van der Waals surface area contributed by atoms with Crippen molar-refractivity contribution in [1.82, 2.24) is 24.7 Å². The Morgan fingerprint density at radius 2 is 1.96 bits per heavy atom. The lowest BCUT2D eigenvalue weighted by Crippen LogP contribution is -2.23. The van der Waals surface area contributed by atoms with E-state index in [2.05, 4.69) is 26.1 Å². The van der Waals surface area contributed by atoms with Gasteiger partial charge >= 0.3 is 5.69 Å². The summed E-state index contributed by atoms with van der Waals surface area (Å²) in [5.74, 6) is 3.01. The van der Waals surface area contributed by atoms with Crippen molar-refractivity contribution in [1.29, 1.82) is 0 Å². The molecule has 1 aromatic carbocycles. The molecule has 7 nitrogen and oxygen atoms in total. The van der Waals surface area contributed by atoms with Crippen molar-refractivity contribution >= 4 is 11.8 Å². The van der Waals surface area contributed by atoms with Gasteiger partial charge in [-0.25, -0.2) is 9.18 Å². The number of aromatic nitrogens is 5. The molecule has 126 valence electrons. The zero-order chi connectivity index (χ0) is 17.8. The minimum absolute atomic E-state index is 0.167. The Morgan fingerprint density at radius 3 is 2.64 bits per heavy atom. The Bertz CT molecular complexity index is 1020. The Balaban J connectivity index is 2.05. The van der Waals surface area contributed by atoms with E-state index in [-0.39, 0.29) is 12.2 Å². The van der Waals surface area contributed by atoms with Gasteiger partial charge in [0, 0.05) is 23.9 Å². The van der Waals surface area contributed by atoms with Gasteiger partial charge < -0.3 is 4.98 Å². The average molecular weight is 357 g/mol. The fourth-order valence-corrected chi connectivity index (χ4v) is 2.90. The second-order valence-electron chi connectivity index (χ2n) is 4.99. The maximum Gasteiger partial charge on any atom is 0.325 e. The van der Waals surface area contributed by atoms with E-state index in [9.17, 15) is 14.0 Å². The number of aromatic amines is 2. The first-order valence-electron chi connectivity index (χ1n) is 7.16. The second kappa shape index (κ2) is 7.19. The van der Waals surface area contributed by atoms with Crippen LogP contribution in [0.5, 0.6) is 0 Å². The summed E-state index contributed by atoms with van der Waals surface area (Å²) in [7, 11) is 0. The van der Waals surface area contributed by atoms with Gasteiger partial charge in [0.25, 0.3) is 5.56 Å². The van der Waals surface area contributed by atoms with Crippen molar-refractivity contribution in [2.45, 2.75) is 11.6 Å². The fourth-order valence-electron chi connectivity index (χ4n) is 2.25. The van der Waals surface area contributed by atoms with E-state index in [0.29, 0.717) is 28.1 Å². The summed E-state index contributed by atoms with van der Waals surface area (Å²) in [5.41, 5.74) is -0.0723. The summed E-state index contributed by atoms with van der Waals surface area (Å²) in [4.78, 5) is 27.5. The first kappa shape index (κ1) is 16.7. The molecule has 0 saturated heterocycles. The number of hydrogen-bond donors (Lipinski definition) is 2. The summed E-state index contributed by atoms with van der Waals surface area (Å²) in [6.45, 7) is 0. The van der Waals surface area contributed by atoms with Crippen molar-refractivity contribution in [3.8, 4) is 18.0 Å². The molecule has 0 bridgehead atoms. The summed E-state index contributed by atoms with van der Waals surface area (Å²) >= 11 is 1.30. The number of H-pyrrole nitrogens is 2. The van der Waals surface area contributed by atoms with Crippen LogP contribution >= 0.6 is 11.8 Å². The summed E-state index contributed by atoms with van der Waals surface area (Å²) in [6.07, 6.45) is 5.46. The molecule has 9 heteroatoms. The summed E-state index contributed by atoms with van der Waals surface area (Å²) in [6, 6.07) is 7.10. The molecule has 0 spiro atoms. The van der Waals surface area contributed by atoms with Gasteiger partial charge in [0.05, 0.1) is 5.75 Å². The van der Waals surface area contributed by atoms with Gasteiger partial charge in [-0.3, -0.25) is 14.3 Å². The van der Waals surface area contributed by atoms with E-state index >= 15 is 0 Å². The quantitative estimate of drug-likeness (QED) is 0.527. The molecule has 0 fully saturated rings. The van der Waals surface area contributed by atoms with Crippen LogP contribution in [-0.4, -0.2) is 30.5 Å². The lowest BCUT2D eigenvalue weighted by molar-refractivity contribution is 0.627. The van der Waals surface area contributed by atoms with Crippen LogP contribution in [0.2, 0.25) is 0 Å². The van der Waals surface area contributed by atoms with E-state index in [1.54, 1.807) is 16.7 Å². The van der Waals surface area contributed by atoms with Crippen molar-refractivity contribution < 1.29 is 4.39 Å². The molecule has 0 atom stereocenters. The van der Waals surface area contributed by atoms with Gasteiger partial charge in [0.2, 0.25) is 0 Å². The van der Waals surface area contributed by atoms with Crippen LogP contribution in [0.3, 0.4) is 0 Å². The predicted octanol–water partition coefficient (Wildman–Crippen LogP) is 1.10. The molecule has 2 N–H and O–H groups in total. The monoisotopic (exact) mass is 357 g/mol. The van der Waals surface area contributed by atoms with Gasteiger partial charge in [-0.05, 0) is 24.3 Å². The molecular formula is C16H12FN5O2S. The predicted molar refractivity (Wildman–Crippen MR) is 91.4 cm³/mol. The lowest BCUT2D eigenvalue weighted by atomic mass is 10.2. The smallest absolute Gasteiger partial charge is 0.311 e. The zero-order valence-corrected chi connectivity index (χ0v) is 13.6. The average Bonchev–Trinajstić information content (AvgIpc) is 2.95. The number of terminal acetylenes is 1. The summed E-state index contributed by atoms with van der Waals surface area (Å²) < 4.78 is 14.9. The molecule has 0 aliphatic carbocycles. The topological polar surface area (TPSA) is 96.4 Å². The summed E-state index contributed by atoms with van der Waals surface area (Å²) in [5, 5.41) is 8.75. The van der Waals surface area contributed by atoms with E-state index in [1.165, 1.54) is 30.0 Å². The van der Waals surface area contributed by atoms with Crippen LogP contribution in [0.4, 0.5) is 4.39 Å². The highest BCUT2D eigenvalue weighted by atomic mass is 32.2. The molecule has 0 aliphatic rings. The van der Waals surface area contributed by atoms with Gasteiger partial charge in [-0.2, -0.15) is 0 Å². The SMILES string of the molecule is C#CCSc1nnc(Cc2cc(=O)[nH]c(=O)[nH]2)n1-c1ccc(F)cc1. The van der Waals surface area contributed by atoms with Crippen LogP contribution < -0.4 is 11.2 Å². The van der Waals surface area contributed by atoms with E-state index in [4.69, 9.17) is 6.42 Å². The number of rotatable bonds is 5. The fraction of sp³-hybridized carbons (Fsp3) is 0.125. The Labute approximate surface area is 145 Å². The van der Waals surface area contributed by atoms with E-state index < -0.39 is 11.2 Å². The number of hydrogen-bond acceptors (Lipinski definition) is 5. The van der Waals surface area contributed by atoms with E-state index in [1.807, 2.05) is 0 Å². The first-order valence-corrected chi connectivity index (χ1v) is 8.14. The Hall–Kier alpha value is -3.12. The molecule has 3 rings (SSSR count). The molecule has 0 amide bonds. The van der Waals surface area contributed by atoms with Gasteiger partial charge in [0.15, 0.2) is 5.16 Å². The maximum atomic E-state index is 13.2. The minimum Gasteiger partial charge on any atom is -0.311 e. The molecule has 0 radical (unpaired) electrons. The van der Waals surface area contributed by atoms with Crippen molar-refractivity contribution in [2.24, 2.45) is 0 Å². The molecule has 25 heavy (non-hydrogen) atoms. The Kier molecular flexibility index (Phi) is 4.81. The largest absolute Gasteiger partial charge is 0.325 e. The van der Waals surface area contributed by atoms with Crippen LogP contribution in [0.1, 0.15) is 11.5 Å². The van der Waals surface area contributed by atoms with Gasteiger partial charge in [0.1, 0.15) is 11.6 Å². The number of nitrogens with zero attached hydrogens (tertiary/aromatic N) is 3. The van der Waals surface area contributed by atoms with Gasteiger partial charge in [-0.15, -0.1) is 16.6 Å². The van der Waals surface area contributed by atoms with Crippen molar-refractivity contribution in [3.05, 3.63) is 68.5 Å². The van der Waals surface area contributed by atoms with E-state index in [0.717, 1.165) is 0 Å². The van der Waals surface area contributed by atoms with Gasteiger partial charge in [-0.1, -0.05) is 17.7 Å². The molecule has 0 aliphatic heterocycles. The maximum absolute atomic E-state index is 13.2. The lowest BCUT2D eigenvalue weighted by Gasteiger charge is -2.09. The molecule has 2 aromatic heterocycles. The molecule has 0 unspecified atom stereocenters. The van der Waals surface area contributed by atoms with Crippen LogP contribution in [0.25, 0.3) is 5.69 Å². The molecule has 0 saturated carbocycles. The third kappa shape index (κ3) is 3.87. The third-order valence-corrected chi connectivity index (χ3v) is 4.07. The van der Waals surface area contributed by atoms with Crippen molar-refractivity contribution in [2.75, 3.05) is 5.75 Å². The third-order valence-electron chi connectivity index (χ3n) is 3.23. The Morgan fingerprint density at radius 1 is 1.20 bits per heavy atom. The number of benzene rings is 1. The first-order chi connectivity index (χ1) is 12.1. The molecular weight excluding hydrogens is 345 g/mol. The minimum atomic E-state index is -0.600. The number of halogens is 1. The second-order valence-corrected chi connectivity index (χ2v) is 5.94. The van der Waals surface area contributed by atoms with Crippen LogP contribution in [-0.2, 0) is 6.42 Å². The molecule has 2 heterocycles. The standard InChI is InChI=1S/C16H12FN5O2S/c1-2-7-25-16-21-20-13(8-11-9-14(23)19-15(24)18-11)22(16)12-5-3-10(17)4-6-12/h1,3-6,9H,7-8H2,(H2,18,19,23,24). The highest BCUT2D eigenvalue weighted by Gasteiger charge is 2.15. The highest BCUT2D eigenvalue weighted by molar-refractivity contribution is 7.99. The number of nitrogens with one attached hydrogen (secondary N) is 2. The number of thioether (sulfide) groups is 1. The normalized spacial score (nSPS) is 10.6. The highest BCUT2D eigenvalue weighted by Crippen LogP contribution is 2.23. The zero-order valence-electron chi connectivity index (χ0n) is 12.8. The molecule has 3 aromatic rings. The van der Waals surface area contributed by atoms with Crippen molar-refractivity contribution in [3.63, 3.8) is 0 Å². The van der Waals surface area contributed by atoms with Crippen LogP contribution in [0, 0.1) is 18.2 Å². The van der Waals surface area contributed by atoms with Crippen LogP contribution in [0.15, 0.2) is 45.1 Å².